The lowest BCUT2D eigenvalue weighted by Gasteiger charge is -2.12. The van der Waals surface area contributed by atoms with Crippen molar-refractivity contribution < 1.29 is 19.2 Å². The van der Waals surface area contributed by atoms with Crippen molar-refractivity contribution in [3.8, 4) is 17.6 Å². The number of rotatable bonds is 6. The largest absolute Gasteiger partial charge is 0.490 e. The van der Waals surface area contributed by atoms with E-state index in [1.165, 1.54) is 19.2 Å². The van der Waals surface area contributed by atoms with Crippen molar-refractivity contribution >= 4 is 17.3 Å². The summed E-state index contributed by atoms with van der Waals surface area (Å²) in [4.78, 5) is 22.5. The molecule has 2 aromatic rings. The SMILES string of the molecule is COc1cc(NC(=O)COc2ccccc2C#N)c(C)cc1[N+](=O)[O-]. The van der Waals surface area contributed by atoms with Gasteiger partial charge in [-0.15, -0.1) is 0 Å². The number of nitrogens with one attached hydrogen (secondary N) is 1. The molecule has 0 aliphatic rings. The van der Waals surface area contributed by atoms with E-state index in [9.17, 15) is 14.9 Å². The average Bonchev–Trinajstić information content (AvgIpc) is 2.61. The molecule has 2 aromatic carbocycles. The molecule has 0 radical (unpaired) electrons. The highest BCUT2D eigenvalue weighted by Gasteiger charge is 2.18. The summed E-state index contributed by atoms with van der Waals surface area (Å²) in [6.07, 6.45) is 0. The normalized spacial score (nSPS) is 9.80. The number of hydrogen-bond donors (Lipinski definition) is 1. The number of hydrogen-bond acceptors (Lipinski definition) is 6. The first-order chi connectivity index (χ1) is 12.0. The molecule has 128 valence electrons. The van der Waals surface area contributed by atoms with Crippen LogP contribution in [0.25, 0.3) is 0 Å². The number of benzene rings is 2. The number of anilines is 1. The van der Waals surface area contributed by atoms with E-state index >= 15 is 0 Å². The van der Waals surface area contributed by atoms with E-state index < -0.39 is 10.8 Å². The number of nitriles is 1. The lowest BCUT2D eigenvalue weighted by atomic mass is 10.1. The van der Waals surface area contributed by atoms with Crippen LogP contribution < -0.4 is 14.8 Å². The molecule has 0 heterocycles. The molecule has 0 atom stereocenters. The fourth-order valence-corrected chi connectivity index (χ4v) is 2.13. The number of ether oxygens (including phenoxy) is 2. The topological polar surface area (TPSA) is 114 Å². The fraction of sp³-hybridized carbons (Fsp3) is 0.176. The highest BCUT2D eigenvalue weighted by atomic mass is 16.6. The lowest BCUT2D eigenvalue weighted by Crippen LogP contribution is -2.21. The smallest absolute Gasteiger partial charge is 0.311 e. The molecular weight excluding hydrogens is 326 g/mol. The van der Waals surface area contributed by atoms with Gasteiger partial charge in [0.05, 0.1) is 17.6 Å². The zero-order chi connectivity index (χ0) is 18.4. The van der Waals surface area contributed by atoms with Crippen LogP contribution in [0.1, 0.15) is 11.1 Å². The predicted octanol–water partition coefficient (Wildman–Crippen LogP) is 2.80. The standard InChI is InChI=1S/C17H15N3O5/c1-11-7-14(20(22)23)16(24-2)8-13(11)19-17(21)10-25-15-6-4-3-5-12(15)9-18/h3-8H,10H2,1-2H3,(H,19,21). The Morgan fingerprint density at radius 3 is 2.68 bits per heavy atom. The van der Waals surface area contributed by atoms with Gasteiger partial charge in [0.2, 0.25) is 0 Å². The maximum atomic E-state index is 12.1. The minimum atomic E-state index is -0.556. The minimum absolute atomic E-state index is 0.0432. The molecule has 0 aromatic heterocycles. The molecule has 0 aliphatic heterocycles. The second-order valence-electron chi connectivity index (χ2n) is 5.04. The van der Waals surface area contributed by atoms with Crippen molar-refractivity contribution in [3.05, 3.63) is 57.6 Å². The van der Waals surface area contributed by atoms with Crippen LogP contribution in [0.15, 0.2) is 36.4 Å². The summed E-state index contributed by atoms with van der Waals surface area (Å²) in [5.74, 6) is -0.119. The monoisotopic (exact) mass is 341 g/mol. The molecule has 8 heteroatoms. The third kappa shape index (κ3) is 4.23. The van der Waals surface area contributed by atoms with Crippen molar-refractivity contribution in [1.82, 2.24) is 0 Å². The molecular formula is C17H15N3O5. The molecule has 0 fully saturated rings. The quantitative estimate of drug-likeness (QED) is 0.638. The number of carbonyl (C=O) groups excluding carboxylic acids is 1. The third-order valence-electron chi connectivity index (χ3n) is 3.36. The Labute approximate surface area is 143 Å². The van der Waals surface area contributed by atoms with Crippen molar-refractivity contribution in [2.24, 2.45) is 0 Å². The van der Waals surface area contributed by atoms with Gasteiger partial charge in [-0.25, -0.2) is 0 Å². The first-order valence-corrected chi connectivity index (χ1v) is 7.21. The Balaban J connectivity index is 2.10. The minimum Gasteiger partial charge on any atom is -0.490 e. The molecule has 0 spiro atoms. The summed E-state index contributed by atoms with van der Waals surface area (Å²) in [6.45, 7) is 1.32. The van der Waals surface area contributed by atoms with Crippen LogP contribution in [0.2, 0.25) is 0 Å². The number of aryl methyl sites for hydroxylation is 1. The Morgan fingerprint density at radius 1 is 1.32 bits per heavy atom. The summed E-state index contributed by atoms with van der Waals surface area (Å²) in [5, 5.41) is 22.6. The molecule has 1 N–H and O–H groups in total. The Morgan fingerprint density at radius 2 is 2.04 bits per heavy atom. The highest BCUT2D eigenvalue weighted by Crippen LogP contribution is 2.32. The predicted molar refractivity (Wildman–Crippen MR) is 89.7 cm³/mol. The van der Waals surface area contributed by atoms with E-state index in [-0.39, 0.29) is 18.0 Å². The van der Waals surface area contributed by atoms with Gasteiger partial charge < -0.3 is 14.8 Å². The molecule has 0 saturated carbocycles. The number of nitrogens with zero attached hydrogens (tertiary/aromatic N) is 2. The molecule has 0 saturated heterocycles. The van der Waals surface area contributed by atoms with Crippen LogP contribution in [0.5, 0.6) is 11.5 Å². The molecule has 0 aliphatic carbocycles. The highest BCUT2D eigenvalue weighted by molar-refractivity contribution is 5.93. The second-order valence-corrected chi connectivity index (χ2v) is 5.04. The first kappa shape index (κ1) is 17.7. The lowest BCUT2D eigenvalue weighted by molar-refractivity contribution is -0.385. The van der Waals surface area contributed by atoms with Crippen LogP contribution in [0.4, 0.5) is 11.4 Å². The number of para-hydroxylation sites is 1. The van der Waals surface area contributed by atoms with Gasteiger partial charge in [-0.05, 0) is 24.6 Å². The molecule has 2 rings (SSSR count). The van der Waals surface area contributed by atoms with Gasteiger partial charge in [-0.2, -0.15) is 5.26 Å². The zero-order valence-electron chi connectivity index (χ0n) is 13.6. The zero-order valence-corrected chi connectivity index (χ0v) is 13.6. The van der Waals surface area contributed by atoms with Gasteiger partial charge in [-0.1, -0.05) is 12.1 Å². The second kappa shape index (κ2) is 7.79. The van der Waals surface area contributed by atoms with Crippen molar-refractivity contribution in [2.75, 3.05) is 19.0 Å². The van der Waals surface area contributed by atoms with E-state index in [4.69, 9.17) is 14.7 Å². The number of methoxy groups -OCH3 is 1. The summed E-state index contributed by atoms with van der Waals surface area (Å²) in [6, 6.07) is 11.2. The van der Waals surface area contributed by atoms with E-state index in [0.717, 1.165) is 0 Å². The number of nitro benzene ring substituents is 1. The summed E-state index contributed by atoms with van der Waals surface area (Å²) in [5.41, 5.74) is 1.03. The first-order valence-electron chi connectivity index (χ1n) is 7.21. The van der Waals surface area contributed by atoms with Gasteiger partial charge >= 0.3 is 5.69 Å². The fourth-order valence-electron chi connectivity index (χ4n) is 2.13. The summed E-state index contributed by atoms with van der Waals surface area (Å²) in [7, 11) is 1.31. The summed E-state index contributed by atoms with van der Waals surface area (Å²) >= 11 is 0. The van der Waals surface area contributed by atoms with Gasteiger partial charge in [0.15, 0.2) is 12.4 Å². The Kier molecular flexibility index (Phi) is 5.53. The van der Waals surface area contributed by atoms with Crippen LogP contribution in [-0.2, 0) is 4.79 Å². The van der Waals surface area contributed by atoms with Gasteiger partial charge in [-0.3, -0.25) is 14.9 Å². The maximum Gasteiger partial charge on any atom is 0.311 e. The van der Waals surface area contributed by atoms with E-state index in [1.807, 2.05) is 6.07 Å². The summed E-state index contributed by atoms with van der Waals surface area (Å²) < 4.78 is 10.3. The van der Waals surface area contributed by atoms with Gasteiger partial charge in [0.25, 0.3) is 5.91 Å². The van der Waals surface area contributed by atoms with Crippen LogP contribution in [0, 0.1) is 28.4 Å². The van der Waals surface area contributed by atoms with E-state index in [1.54, 1.807) is 31.2 Å². The maximum absolute atomic E-state index is 12.1. The Hall–Kier alpha value is -3.60. The average molecular weight is 341 g/mol. The van der Waals surface area contributed by atoms with Crippen LogP contribution in [-0.4, -0.2) is 24.5 Å². The number of amides is 1. The van der Waals surface area contributed by atoms with Crippen LogP contribution in [0.3, 0.4) is 0 Å². The van der Waals surface area contributed by atoms with Crippen LogP contribution >= 0.6 is 0 Å². The molecule has 0 unspecified atom stereocenters. The van der Waals surface area contributed by atoms with Crippen molar-refractivity contribution in [3.63, 3.8) is 0 Å². The van der Waals surface area contributed by atoms with E-state index in [2.05, 4.69) is 5.32 Å². The number of carbonyl (C=O) groups is 1. The Bertz CT molecular complexity index is 858. The van der Waals surface area contributed by atoms with E-state index in [0.29, 0.717) is 22.6 Å². The molecule has 0 bridgehead atoms. The molecule has 1 amide bonds. The van der Waals surface area contributed by atoms with Crippen molar-refractivity contribution in [2.45, 2.75) is 6.92 Å². The number of nitro groups is 1. The molecule has 25 heavy (non-hydrogen) atoms. The molecule has 8 nitrogen and oxygen atoms in total. The third-order valence-corrected chi connectivity index (χ3v) is 3.36. The van der Waals surface area contributed by atoms with Crippen molar-refractivity contribution in [1.29, 1.82) is 5.26 Å². The van der Waals surface area contributed by atoms with Gasteiger partial charge in [0, 0.05) is 17.8 Å². The van der Waals surface area contributed by atoms with Gasteiger partial charge in [0.1, 0.15) is 11.8 Å².